The Balaban J connectivity index is 1.72. The fourth-order valence-electron chi connectivity index (χ4n) is 3.61. The van der Waals surface area contributed by atoms with E-state index in [0.29, 0.717) is 18.3 Å². The molecule has 2 aromatic carbocycles. The van der Waals surface area contributed by atoms with Crippen molar-refractivity contribution in [1.29, 1.82) is 0 Å². The van der Waals surface area contributed by atoms with Crippen LogP contribution >= 0.6 is 0 Å². The van der Waals surface area contributed by atoms with E-state index in [0.717, 1.165) is 25.0 Å². The molecule has 1 aliphatic carbocycles. The van der Waals surface area contributed by atoms with Crippen LogP contribution in [0.4, 0.5) is 0 Å². The fourth-order valence-corrected chi connectivity index (χ4v) is 3.61. The van der Waals surface area contributed by atoms with Crippen LogP contribution in [0.25, 0.3) is 11.1 Å². The number of ketones is 1. The fraction of sp³-hybridized carbons (Fsp3) is 0.409. The van der Waals surface area contributed by atoms with Gasteiger partial charge in [0.15, 0.2) is 0 Å². The van der Waals surface area contributed by atoms with Crippen LogP contribution in [-0.4, -0.2) is 12.4 Å². The van der Waals surface area contributed by atoms with Gasteiger partial charge in [-0.05, 0) is 54.5 Å². The number of carbonyl (C=O) groups is 1. The summed E-state index contributed by atoms with van der Waals surface area (Å²) in [7, 11) is 0. The Labute approximate surface area is 144 Å². The van der Waals surface area contributed by atoms with Crippen LogP contribution in [0.1, 0.15) is 51.0 Å². The molecule has 0 radical (unpaired) electrons. The van der Waals surface area contributed by atoms with Crippen molar-refractivity contribution in [3.8, 4) is 16.9 Å². The van der Waals surface area contributed by atoms with Crippen LogP contribution in [0.2, 0.25) is 0 Å². The second-order valence-corrected chi connectivity index (χ2v) is 6.65. The number of hydrogen-bond acceptors (Lipinski definition) is 2. The molecule has 1 aliphatic rings. The van der Waals surface area contributed by atoms with Crippen molar-refractivity contribution in [3.05, 3.63) is 54.1 Å². The Morgan fingerprint density at radius 1 is 0.917 bits per heavy atom. The van der Waals surface area contributed by atoms with Crippen molar-refractivity contribution in [2.75, 3.05) is 6.61 Å². The minimum atomic E-state index is 0.0992. The quantitative estimate of drug-likeness (QED) is 0.714. The SMILES string of the molecule is CCOc1ccc(-c2ccc(C3CCC(CC)CC3=O)cc2)cc1. The van der Waals surface area contributed by atoms with Gasteiger partial charge in [-0.25, -0.2) is 0 Å². The van der Waals surface area contributed by atoms with E-state index in [1.807, 2.05) is 19.1 Å². The Hall–Kier alpha value is -2.09. The summed E-state index contributed by atoms with van der Waals surface area (Å²) in [5, 5.41) is 0. The van der Waals surface area contributed by atoms with Crippen LogP contribution in [0.3, 0.4) is 0 Å². The van der Waals surface area contributed by atoms with Crippen LogP contribution in [-0.2, 0) is 4.79 Å². The number of ether oxygens (including phenoxy) is 1. The van der Waals surface area contributed by atoms with Crippen LogP contribution in [0.5, 0.6) is 5.75 Å². The molecule has 0 aliphatic heterocycles. The van der Waals surface area contributed by atoms with Crippen molar-refractivity contribution in [2.45, 2.75) is 45.4 Å². The Morgan fingerprint density at radius 2 is 1.54 bits per heavy atom. The maximum Gasteiger partial charge on any atom is 0.140 e. The molecular formula is C22H26O2. The Morgan fingerprint density at radius 3 is 2.08 bits per heavy atom. The molecule has 0 N–H and O–H groups in total. The lowest BCUT2D eigenvalue weighted by atomic mass is 9.77. The van der Waals surface area contributed by atoms with Crippen LogP contribution in [0, 0.1) is 5.92 Å². The van der Waals surface area contributed by atoms with E-state index in [1.54, 1.807) is 0 Å². The van der Waals surface area contributed by atoms with Gasteiger partial charge in [0.05, 0.1) is 6.61 Å². The second-order valence-electron chi connectivity index (χ2n) is 6.65. The number of benzene rings is 2. The van der Waals surface area contributed by atoms with Crippen molar-refractivity contribution in [3.63, 3.8) is 0 Å². The van der Waals surface area contributed by atoms with Gasteiger partial charge in [0, 0.05) is 12.3 Å². The van der Waals surface area contributed by atoms with Crippen molar-refractivity contribution >= 4 is 5.78 Å². The van der Waals surface area contributed by atoms with Gasteiger partial charge < -0.3 is 4.74 Å². The van der Waals surface area contributed by atoms with E-state index in [1.165, 1.54) is 23.1 Å². The monoisotopic (exact) mass is 322 g/mol. The lowest BCUT2D eigenvalue weighted by Gasteiger charge is -2.27. The highest BCUT2D eigenvalue weighted by atomic mass is 16.5. The third-order valence-electron chi connectivity index (χ3n) is 5.13. The molecule has 0 aromatic heterocycles. The summed E-state index contributed by atoms with van der Waals surface area (Å²) < 4.78 is 5.49. The molecule has 2 aromatic rings. The summed E-state index contributed by atoms with van der Waals surface area (Å²) in [6.07, 6.45) is 4.05. The number of hydrogen-bond donors (Lipinski definition) is 0. The van der Waals surface area contributed by atoms with Gasteiger partial charge in [-0.2, -0.15) is 0 Å². The minimum Gasteiger partial charge on any atom is -0.494 e. The zero-order valence-corrected chi connectivity index (χ0v) is 14.6. The summed E-state index contributed by atoms with van der Waals surface area (Å²) in [6, 6.07) is 16.7. The van der Waals surface area contributed by atoms with Gasteiger partial charge in [0.2, 0.25) is 0 Å². The summed E-state index contributed by atoms with van der Waals surface area (Å²) in [6.45, 7) is 4.86. The molecule has 1 saturated carbocycles. The second kappa shape index (κ2) is 7.65. The summed E-state index contributed by atoms with van der Waals surface area (Å²) >= 11 is 0. The number of Topliss-reactive ketones (excluding diaryl/α,β-unsaturated/α-hetero) is 1. The zero-order valence-electron chi connectivity index (χ0n) is 14.6. The standard InChI is InChI=1S/C22H26O2/c1-3-16-5-14-21(22(23)15-16)19-8-6-17(7-9-19)18-10-12-20(13-11-18)24-4-2/h6-13,16,21H,3-5,14-15H2,1-2H3. The molecule has 2 nitrogen and oxygen atoms in total. The van der Waals surface area contributed by atoms with Gasteiger partial charge in [-0.15, -0.1) is 0 Å². The molecule has 3 rings (SSSR count). The Bertz CT molecular complexity index is 670. The smallest absolute Gasteiger partial charge is 0.140 e. The first-order valence-corrected chi connectivity index (χ1v) is 9.07. The van der Waals surface area contributed by atoms with E-state index in [4.69, 9.17) is 4.74 Å². The molecule has 0 spiro atoms. The minimum absolute atomic E-state index is 0.0992. The third-order valence-corrected chi connectivity index (χ3v) is 5.13. The van der Waals surface area contributed by atoms with Crippen molar-refractivity contribution < 1.29 is 9.53 Å². The highest BCUT2D eigenvalue weighted by Crippen LogP contribution is 2.35. The Kier molecular flexibility index (Phi) is 5.34. The van der Waals surface area contributed by atoms with E-state index < -0.39 is 0 Å². The zero-order chi connectivity index (χ0) is 16.9. The maximum atomic E-state index is 12.4. The summed E-state index contributed by atoms with van der Waals surface area (Å²) in [5.41, 5.74) is 3.52. The predicted molar refractivity (Wildman–Crippen MR) is 98.4 cm³/mol. The van der Waals surface area contributed by atoms with E-state index in [9.17, 15) is 4.79 Å². The van der Waals surface area contributed by atoms with Crippen LogP contribution < -0.4 is 4.74 Å². The largest absolute Gasteiger partial charge is 0.494 e. The average molecular weight is 322 g/mol. The first-order chi connectivity index (χ1) is 11.7. The van der Waals surface area contributed by atoms with E-state index >= 15 is 0 Å². The highest BCUT2D eigenvalue weighted by Gasteiger charge is 2.28. The molecule has 2 unspecified atom stereocenters. The molecule has 2 heteroatoms. The first kappa shape index (κ1) is 16.8. The topological polar surface area (TPSA) is 26.3 Å². The average Bonchev–Trinajstić information content (AvgIpc) is 2.63. The molecule has 0 saturated heterocycles. The molecule has 0 heterocycles. The van der Waals surface area contributed by atoms with Gasteiger partial charge in [0.1, 0.15) is 11.5 Å². The molecule has 24 heavy (non-hydrogen) atoms. The van der Waals surface area contributed by atoms with Gasteiger partial charge >= 0.3 is 0 Å². The lowest BCUT2D eigenvalue weighted by Crippen LogP contribution is -2.23. The van der Waals surface area contributed by atoms with Gasteiger partial charge in [-0.3, -0.25) is 4.79 Å². The van der Waals surface area contributed by atoms with Crippen LogP contribution in [0.15, 0.2) is 48.5 Å². The normalized spacial score (nSPS) is 20.8. The molecule has 1 fully saturated rings. The van der Waals surface area contributed by atoms with Gasteiger partial charge in [0.25, 0.3) is 0 Å². The first-order valence-electron chi connectivity index (χ1n) is 9.07. The molecule has 126 valence electrons. The molecule has 0 bridgehead atoms. The number of rotatable bonds is 5. The predicted octanol–water partition coefficient (Wildman–Crippen LogP) is 5.62. The van der Waals surface area contributed by atoms with E-state index in [-0.39, 0.29) is 5.92 Å². The lowest BCUT2D eigenvalue weighted by molar-refractivity contribution is -0.123. The third kappa shape index (κ3) is 3.69. The number of carbonyl (C=O) groups excluding carboxylic acids is 1. The molecule has 2 atom stereocenters. The summed E-state index contributed by atoms with van der Waals surface area (Å²) in [4.78, 5) is 12.4. The highest BCUT2D eigenvalue weighted by molar-refractivity contribution is 5.86. The maximum absolute atomic E-state index is 12.4. The van der Waals surface area contributed by atoms with Gasteiger partial charge in [-0.1, -0.05) is 49.7 Å². The molecular weight excluding hydrogens is 296 g/mol. The summed E-state index contributed by atoms with van der Waals surface area (Å²) in [5.74, 6) is 2.01. The van der Waals surface area contributed by atoms with Crippen molar-refractivity contribution in [1.82, 2.24) is 0 Å². The van der Waals surface area contributed by atoms with Crippen molar-refractivity contribution in [2.24, 2.45) is 5.92 Å². The molecule has 0 amide bonds. The van der Waals surface area contributed by atoms with E-state index in [2.05, 4.69) is 43.3 Å².